The van der Waals surface area contributed by atoms with Crippen LogP contribution in [-0.4, -0.2) is 17.0 Å². The molecule has 1 aliphatic rings. The van der Waals surface area contributed by atoms with Crippen LogP contribution < -0.4 is 10.6 Å². The predicted molar refractivity (Wildman–Crippen MR) is 87.4 cm³/mol. The van der Waals surface area contributed by atoms with Crippen LogP contribution in [0.5, 0.6) is 0 Å². The van der Waals surface area contributed by atoms with Crippen molar-refractivity contribution >= 4 is 35.6 Å². The molecule has 0 saturated carbocycles. The summed E-state index contributed by atoms with van der Waals surface area (Å²) < 4.78 is 16.1. The molecule has 0 saturated heterocycles. The van der Waals surface area contributed by atoms with E-state index in [4.69, 9.17) is 11.6 Å². The van der Waals surface area contributed by atoms with Crippen molar-refractivity contribution in [2.75, 3.05) is 11.9 Å². The number of fused-ring (bicyclic) bond motifs is 1. The fourth-order valence-electron chi connectivity index (χ4n) is 2.57. The topological polar surface area (TPSA) is 46.1 Å². The first-order chi connectivity index (χ1) is 10.1. The Hall–Kier alpha value is -1.56. The zero-order chi connectivity index (χ0) is 15.0. The number of carbonyl (C=O) groups excluding carboxylic acids is 1. The van der Waals surface area contributed by atoms with E-state index in [2.05, 4.69) is 10.6 Å². The standard InChI is InChI=1S/C15H15ClFN3O.ClH/c1-20-8-10(16)6-13(20)15(21)19-12-3-2-9-7-18-5-4-11(9)14(12)17;/h2-3,6,8,18H,4-5,7H2,1H3,(H,19,21);1H. The van der Waals surface area contributed by atoms with E-state index in [1.54, 1.807) is 29.9 Å². The van der Waals surface area contributed by atoms with Gasteiger partial charge in [0.1, 0.15) is 11.5 Å². The van der Waals surface area contributed by atoms with E-state index in [1.165, 1.54) is 0 Å². The van der Waals surface area contributed by atoms with Gasteiger partial charge in [-0.2, -0.15) is 0 Å². The minimum atomic E-state index is -0.378. The molecule has 0 atom stereocenters. The van der Waals surface area contributed by atoms with E-state index in [-0.39, 0.29) is 29.8 Å². The molecule has 0 bridgehead atoms. The maximum absolute atomic E-state index is 14.5. The third kappa shape index (κ3) is 3.11. The van der Waals surface area contributed by atoms with Gasteiger partial charge in [0.25, 0.3) is 5.91 Å². The molecule has 0 unspecified atom stereocenters. The monoisotopic (exact) mass is 343 g/mol. The van der Waals surface area contributed by atoms with Crippen molar-refractivity contribution < 1.29 is 9.18 Å². The molecule has 1 aliphatic heterocycles. The van der Waals surface area contributed by atoms with Gasteiger partial charge in [0.15, 0.2) is 0 Å². The summed E-state index contributed by atoms with van der Waals surface area (Å²) >= 11 is 5.86. The van der Waals surface area contributed by atoms with Gasteiger partial charge in [-0.05, 0) is 36.2 Å². The molecule has 2 heterocycles. The van der Waals surface area contributed by atoms with Crippen molar-refractivity contribution in [3.8, 4) is 0 Å². The highest BCUT2D eigenvalue weighted by molar-refractivity contribution is 6.31. The molecule has 7 heteroatoms. The smallest absolute Gasteiger partial charge is 0.272 e. The average Bonchev–Trinajstić information content (AvgIpc) is 2.81. The molecule has 3 rings (SSSR count). The van der Waals surface area contributed by atoms with E-state index < -0.39 is 0 Å². The summed E-state index contributed by atoms with van der Waals surface area (Å²) in [5, 5.41) is 6.28. The number of nitrogens with one attached hydrogen (secondary N) is 2. The largest absolute Gasteiger partial charge is 0.345 e. The van der Waals surface area contributed by atoms with Crippen molar-refractivity contribution in [3.05, 3.63) is 52.1 Å². The molecule has 0 aliphatic carbocycles. The second-order valence-corrected chi connectivity index (χ2v) is 5.54. The highest BCUT2D eigenvalue weighted by Crippen LogP contribution is 2.25. The van der Waals surface area contributed by atoms with Crippen LogP contribution in [0.3, 0.4) is 0 Å². The maximum atomic E-state index is 14.5. The lowest BCUT2D eigenvalue weighted by atomic mass is 9.99. The lowest BCUT2D eigenvalue weighted by molar-refractivity contribution is 0.101. The number of hydrogen-bond donors (Lipinski definition) is 2. The molecule has 2 aromatic rings. The van der Waals surface area contributed by atoms with Crippen molar-refractivity contribution in [1.29, 1.82) is 0 Å². The number of carbonyl (C=O) groups is 1. The lowest BCUT2D eigenvalue weighted by Gasteiger charge is -2.19. The second kappa shape index (κ2) is 6.69. The summed E-state index contributed by atoms with van der Waals surface area (Å²) in [4.78, 5) is 12.2. The predicted octanol–water partition coefficient (Wildman–Crippen LogP) is 3.14. The van der Waals surface area contributed by atoms with Gasteiger partial charge >= 0.3 is 0 Å². The Morgan fingerprint density at radius 1 is 1.45 bits per heavy atom. The Morgan fingerprint density at radius 2 is 2.23 bits per heavy atom. The number of aromatic nitrogens is 1. The van der Waals surface area contributed by atoms with Gasteiger partial charge in [-0.15, -0.1) is 12.4 Å². The van der Waals surface area contributed by atoms with E-state index in [0.717, 1.165) is 12.1 Å². The molecular formula is C15H16Cl2FN3O. The van der Waals surface area contributed by atoms with Gasteiger partial charge in [0.2, 0.25) is 0 Å². The molecule has 0 spiro atoms. The Bertz CT molecular complexity index is 715. The fraction of sp³-hybridized carbons (Fsp3) is 0.267. The van der Waals surface area contributed by atoms with E-state index in [1.807, 2.05) is 6.07 Å². The van der Waals surface area contributed by atoms with Gasteiger partial charge in [0.05, 0.1) is 10.7 Å². The average molecular weight is 344 g/mol. The summed E-state index contributed by atoms with van der Waals surface area (Å²) in [6.07, 6.45) is 2.26. The Labute approximate surface area is 139 Å². The van der Waals surface area contributed by atoms with Crippen LogP contribution in [0.2, 0.25) is 5.02 Å². The molecule has 1 aromatic carbocycles. The van der Waals surface area contributed by atoms with Crippen LogP contribution in [0.15, 0.2) is 24.4 Å². The van der Waals surface area contributed by atoms with Gasteiger partial charge in [0, 0.05) is 19.8 Å². The molecule has 22 heavy (non-hydrogen) atoms. The van der Waals surface area contributed by atoms with Crippen molar-refractivity contribution in [2.45, 2.75) is 13.0 Å². The first-order valence-electron chi connectivity index (χ1n) is 6.70. The maximum Gasteiger partial charge on any atom is 0.272 e. The molecule has 4 nitrogen and oxygen atoms in total. The van der Waals surface area contributed by atoms with E-state index >= 15 is 0 Å². The highest BCUT2D eigenvalue weighted by atomic mass is 35.5. The third-order valence-corrected chi connectivity index (χ3v) is 3.87. The summed E-state index contributed by atoms with van der Waals surface area (Å²) in [6.45, 7) is 1.41. The quantitative estimate of drug-likeness (QED) is 0.879. The number of rotatable bonds is 2. The van der Waals surface area contributed by atoms with Crippen LogP contribution in [0.25, 0.3) is 0 Å². The third-order valence-electron chi connectivity index (χ3n) is 3.66. The van der Waals surface area contributed by atoms with Gasteiger partial charge in [-0.1, -0.05) is 17.7 Å². The minimum absolute atomic E-state index is 0. The molecule has 118 valence electrons. The minimum Gasteiger partial charge on any atom is -0.345 e. The number of halogens is 3. The Morgan fingerprint density at radius 3 is 2.91 bits per heavy atom. The first kappa shape index (κ1) is 16.8. The normalized spacial score (nSPS) is 13.2. The zero-order valence-corrected chi connectivity index (χ0v) is 13.5. The van der Waals surface area contributed by atoms with Gasteiger partial charge in [-0.25, -0.2) is 4.39 Å². The number of anilines is 1. The molecule has 2 N–H and O–H groups in total. The molecule has 1 amide bonds. The van der Waals surface area contributed by atoms with Crippen molar-refractivity contribution in [1.82, 2.24) is 9.88 Å². The van der Waals surface area contributed by atoms with Crippen LogP contribution in [0, 0.1) is 5.82 Å². The number of amides is 1. The molecule has 1 aromatic heterocycles. The Kier molecular flexibility index (Phi) is 5.11. The van der Waals surface area contributed by atoms with Crippen molar-refractivity contribution in [2.24, 2.45) is 7.05 Å². The molecular weight excluding hydrogens is 328 g/mol. The summed E-state index contributed by atoms with van der Waals surface area (Å²) in [5.74, 6) is -0.722. The SMILES string of the molecule is Cl.Cn1cc(Cl)cc1C(=O)Nc1ccc2c(c1F)CCNC2. The second-order valence-electron chi connectivity index (χ2n) is 5.10. The van der Waals surface area contributed by atoms with Crippen LogP contribution in [-0.2, 0) is 20.0 Å². The summed E-state index contributed by atoms with van der Waals surface area (Å²) in [6, 6.07) is 5.00. The fourth-order valence-corrected chi connectivity index (χ4v) is 2.82. The highest BCUT2D eigenvalue weighted by Gasteiger charge is 2.19. The van der Waals surface area contributed by atoms with E-state index in [0.29, 0.717) is 29.2 Å². The van der Waals surface area contributed by atoms with Gasteiger partial charge in [-0.3, -0.25) is 4.79 Å². The summed E-state index contributed by atoms with van der Waals surface area (Å²) in [7, 11) is 1.72. The van der Waals surface area contributed by atoms with E-state index in [9.17, 15) is 9.18 Å². The first-order valence-corrected chi connectivity index (χ1v) is 7.08. The summed E-state index contributed by atoms with van der Waals surface area (Å²) in [5.41, 5.74) is 2.21. The van der Waals surface area contributed by atoms with Crippen LogP contribution >= 0.6 is 24.0 Å². The number of aryl methyl sites for hydroxylation is 1. The molecule has 0 radical (unpaired) electrons. The molecule has 0 fully saturated rings. The number of hydrogen-bond acceptors (Lipinski definition) is 2. The number of benzene rings is 1. The van der Waals surface area contributed by atoms with Gasteiger partial charge < -0.3 is 15.2 Å². The number of nitrogens with zero attached hydrogens (tertiary/aromatic N) is 1. The van der Waals surface area contributed by atoms with Crippen LogP contribution in [0.1, 0.15) is 21.6 Å². The lowest BCUT2D eigenvalue weighted by Crippen LogP contribution is -2.25. The van der Waals surface area contributed by atoms with Crippen molar-refractivity contribution in [3.63, 3.8) is 0 Å². The van der Waals surface area contributed by atoms with Crippen LogP contribution in [0.4, 0.5) is 10.1 Å². The zero-order valence-electron chi connectivity index (χ0n) is 12.0. The Balaban J connectivity index is 0.00000176.